The van der Waals surface area contributed by atoms with E-state index >= 15 is 0 Å². The standard InChI is InChI=1S/C55H40BN5/c1-59-46-25-13-27-48-52(46)56-53-47(59)26-14-28-49(53)61(3)51-33-43(32-50(54(51)56)60(48)2)40-22-10-20-38(29-40)39-21-12-24-42(31-39)55-57-44(36-17-8-5-9-18-36)34-45(58-55)41-23-11-19-37(30-41)35-15-6-4-7-16-35/h4-34H,1-3H3. The molecule has 0 N–H and O–H groups in total. The first kappa shape index (κ1) is 35.3. The van der Waals surface area contributed by atoms with Gasteiger partial charge in [-0.15, -0.1) is 0 Å². The summed E-state index contributed by atoms with van der Waals surface area (Å²) in [6.45, 7) is 0.185. The van der Waals surface area contributed by atoms with Crippen LogP contribution in [0.3, 0.4) is 0 Å². The molecule has 0 bridgehead atoms. The summed E-state index contributed by atoms with van der Waals surface area (Å²) in [5.41, 5.74) is 23.6. The topological polar surface area (TPSA) is 35.5 Å². The summed E-state index contributed by atoms with van der Waals surface area (Å²) in [6, 6.07) is 67.6. The Labute approximate surface area is 357 Å². The predicted molar refractivity (Wildman–Crippen MR) is 256 cm³/mol. The van der Waals surface area contributed by atoms with Crippen molar-refractivity contribution in [2.24, 2.45) is 0 Å². The van der Waals surface area contributed by atoms with Crippen LogP contribution in [-0.4, -0.2) is 37.8 Å². The van der Waals surface area contributed by atoms with Crippen LogP contribution in [0.2, 0.25) is 0 Å². The van der Waals surface area contributed by atoms with Gasteiger partial charge in [-0.05, 0) is 110 Å². The Balaban J connectivity index is 0.951. The molecule has 288 valence electrons. The minimum atomic E-state index is 0.185. The molecule has 5 nitrogen and oxygen atoms in total. The number of nitrogens with zero attached hydrogens (tertiary/aromatic N) is 5. The molecule has 3 aliphatic rings. The Morgan fingerprint density at radius 2 is 0.656 bits per heavy atom. The van der Waals surface area contributed by atoms with Crippen molar-refractivity contribution in [1.82, 2.24) is 9.97 Å². The smallest absolute Gasteiger partial charge is 0.257 e. The zero-order valence-corrected chi connectivity index (χ0v) is 34.2. The zero-order chi connectivity index (χ0) is 40.8. The largest absolute Gasteiger partial charge is 0.345 e. The van der Waals surface area contributed by atoms with Crippen LogP contribution < -0.4 is 31.1 Å². The van der Waals surface area contributed by atoms with Crippen molar-refractivity contribution in [1.29, 1.82) is 0 Å². The molecule has 0 spiro atoms. The van der Waals surface area contributed by atoms with E-state index in [-0.39, 0.29) is 6.71 Å². The van der Waals surface area contributed by atoms with Crippen LogP contribution in [-0.2, 0) is 0 Å². The first-order valence-electron chi connectivity index (χ1n) is 20.9. The van der Waals surface area contributed by atoms with Gasteiger partial charge in [0.25, 0.3) is 6.71 Å². The fourth-order valence-electron chi connectivity index (χ4n) is 9.99. The molecule has 0 atom stereocenters. The molecular formula is C55H40BN5. The van der Waals surface area contributed by atoms with Crippen LogP contribution >= 0.6 is 0 Å². The molecule has 0 aliphatic carbocycles. The molecule has 9 aromatic rings. The maximum atomic E-state index is 5.24. The second-order valence-corrected chi connectivity index (χ2v) is 16.4. The Morgan fingerprint density at radius 1 is 0.295 bits per heavy atom. The third-order valence-corrected chi connectivity index (χ3v) is 13.0. The van der Waals surface area contributed by atoms with E-state index in [1.165, 1.54) is 67.2 Å². The molecule has 0 saturated heterocycles. The summed E-state index contributed by atoms with van der Waals surface area (Å²) < 4.78 is 0. The highest BCUT2D eigenvalue weighted by molar-refractivity contribution is 7.02. The van der Waals surface area contributed by atoms with Gasteiger partial charge in [-0.25, -0.2) is 9.97 Å². The van der Waals surface area contributed by atoms with Crippen molar-refractivity contribution in [3.05, 3.63) is 188 Å². The van der Waals surface area contributed by atoms with Crippen LogP contribution in [0.1, 0.15) is 0 Å². The summed E-state index contributed by atoms with van der Waals surface area (Å²) in [4.78, 5) is 17.6. The van der Waals surface area contributed by atoms with Crippen LogP contribution in [0.15, 0.2) is 188 Å². The molecule has 0 saturated carbocycles. The van der Waals surface area contributed by atoms with Gasteiger partial charge in [0.05, 0.1) is 11.4 Å². The number of benzene rings is 8. The van der Waals surface area contributed by atoms with Crippen molar-refractivity contribution < 1.29 is 0 Å². The first-order valence-corrected chi connectivity index (χ1v) is 20.9. The average Bonchev–Trinajstić information content (AvgIpc) is 3.33. The highest BCUT2D eigenvalue weighted by Gasteiger charge is 2.46. The van der Waals surface area contributed by atoms with E-state index in [0.29, 0.717) is 5.82 Å². The molecule has 8 aromatic carbocycles. The van der Waals surface area contributed by atoms with Gasteiger partial charge in [-0.2, -0.15) is 0 Å². The summed E-state index contributed by atoms with van der Waals surface area (Å²) in [6.07, 6.45) is 0. The number of hydrogen-bond donors (Lipinski definition) is 0. The molecule has 1 aromatic heterocycles. The molecular weight excluding hydrogens is 741 g/mol. The van der Waals surface area contributed by atoms with Gasteiger partial charge in [0.15, 0.2) is 5.82 Å². The second-order valence-electron chi connectivity index (χ2n) is 16.4. The average molecular weight is 782 g/mol. The summed E-state index contributed by atoms with van der Waals surface area (Å²) >= 11 is 0. The van der Waals surface area contributed by atoms with Gasteiger partial charge < -0.3 is 14.7 Å². The fraction of sp³-hybridized carbons (Fsp3) is 0.0545. The predicted octanol–water partition coefficient (Wildman–Crippen LogP) is 11.2. The molecule has 0 fully saturated rings. The quantitative estimate of drug-likeness (QED) is 0.157. The zero-order valence-electron chi connectivity index (χ0n) is 34.2. The van der Waals surface area contributed by atoms with Crippen LogP contribution in [0.5, 0.6) is 0 Å². The number of hydrogen-bond acceptors (Lipinski definition) is 5. The lowest BCUT2D eigenvalue weighted by molar-refractivity contribution is 1.15. The van der Waals surface area contributed by atoms with E-state index < -0.39 is 0 Å². The lowest BCUT2D eigenvalue weighted by Gasteiger charge is -2.47. The van der Waals surface area contributed by atoms with Crippen LogP contribution in [0.25, 0.3) is 67.3 Å². The number of anilines is 6. The van der Waals surface area contributed by atoms with Gasteiger partial charge in [0.1, 0.15) is 0 Å². The second kappa shape index (κ2) is 13.7. The Bertz CT molecular complexity index is 3130. The Kier molecular flexibility index (Phi) is 7.91. The van der Waals surface area contributed by atoms with Crippen LogP contribution in [0, 0.1) is 0 Å². The normalized spacial score (nSPS) is 13.0. The van der Waals surface area contributed by atoms with E-state index in [9.17, 15) is 0 Å². The molecule has 61 heavy (non-hydrogen) atoms. The minimum absolute atomic E-state index is 0.185. The van der Waals surface area contributed by atoms with Gasteiger partial charge in [-0.1, -0.05) is 127 Å². The van der Waals surface area contributed by atoms with E-state index in [0.717, 1.165) is 44.8 Å². The maximum absolute atomic E-state index is 5.24. The van der Waals surface area contributed by atoms with Crippen molar-refractivity contribution in [2.75, 3.05) is 35.8 Å². The third kappa shape index (κ3) is 5.56. The molecule has 0 unspecified atom stereocenters. The Morgan fingerprint density at radius 3 is 1.21 bits per heavy atom. The van der Waals surface area contributed by atoms with Gasteiger partial charge in [0.2, 0.25) is 0 Å². The van der Waals surface area contributed by atoms with Crippen LogP contribution in [0.4, 0.5) is 34.1 Å². The summed E-state index contributed by atoms with van der Waals surface area (Å²) in [7, 11) is 6.66. The van der Waals surface area contributed by atoms with Gasteiger partial charge >= 0.3 is 0 Å². The monoisotopic (exact) mass is 781 g/mol. The number of rotatable bonds is 6. The van der Waals surface area contributed by atoms with Crippen molar-refractivity contribution >= 4 is 57.2 Å². The maximum Gasteiger partial charge on any atom is 0.257 e. The third-order valence-electron chi connectivity index (χ3n) is 13.0. The van der Waals surface area contributed by atoms with E-state index in [4.69, 9.17) is 9.97 Å². The molecule has 4 heterocycles. The summed E-state index contributed by atoms with van der Waals surface area (Å²) in [5, 5.41) is 0. The SMILES string of the molecule is CN1c2cccc3c2B2c4c1cccc4N(C)c1cc(-c4cccc(-c5cccc(-c6nc(-c7ccccc7)cc(-c7cccc(-c8ccccc8)c7)n6)c5)c4)cc(c12)N3C. The highest BCUT2D eigenvalue weighted by atomic mass is 15.2. The molecule has 0 radical (unpaired) electrons. The van der Waals surface area contributed by atoms with Crippen molar-refractivity contribution in [3.8, 4) is 67.3 Å². The fourth-order valence-corrected chi connectivity index (χ4v) is 9.99. The Hall–Kier alpha value is -7.70. The minimum Gasteiger partial charge on any atom is -0.345 e. The lowest BCUT2D eigenvalue weighted by atomic mass is 9.32. The molecule has 0 amide bonds. The first-order chi connectivity index (χ1) is 30.0. The van der Waals surface area contributed by atoms with Crippen molar-refractivity contribution in [2.45, 2.75) is 0 Å². The van der Waals surface area contributed by atoms with E-state index in [1.807, 2.05) is 6.07 Å². The summed E-state index contributed by atoms with van der Waals surface area (Å²) in [5.74, 6) is 0.695. The van der Waals surface area contributed by atoms with Gasteiger partial charge in [-0.3, -0.25) is 0 Å². The highest BCUT2D eigenvalue weighted by Crippen LogP contribution is 2.44. The van der Waals surface area contributed by atoms with E-state index in [1.54, 1.807) is 0 Å². The van der Waals surface area contributed by atoms with E-state index in [2.05, 4.69) is 218 Å². The van der Waals surface area contributed by atoms with Gasteiger partial charge in [0, 0.05) is 72.0 Å². The van der Waals surface area contributed by atoms with Crippen molar-refractivity contribution in [3.63, 3.8) is 0 Å². The molecule has 3 aliphatic heterocycles. The lowest BCUT2D eigenvalue weighted by Crippen LogP contribution is -2.65. The molecule has 12 rings (SSSR count). The molecule has 6 heteroatoms. The number of aromatic nitrogens is 2.